The summed E-state index contributed by atoms with van der Waals surface area (Å²) in [7, 11) is 1.02. The van der Waals surface area contributed by atoms with Crippen LogP contribution < -0.4 is 20.1 Å². The lowest BCUT2D eigenvalue weighted by Gasteiger charge is -2.43. The average molecular weight is 914 g/mol. The van der Waals surface area contributed by atoms with Crippen LogP contribution in [0.1, 0.15) is 49.8 Å². The van der Waals surface area contributed by atoms with E-state index in [1.54, 1.807) is 0 Å². The van der Waals surface area contributed by atoms with Gasteiger partial charge in [0.1, 0.15) is 24.7 Å². The second-order valence-electron chi connectivity index (χ2n) is 14.6. The van der Waals surface area contributed by atoms with E-state index < -0.39 is 84.3 Å². The molecule has 21 nitrogen and oxygen atoms in total. The van der Waals surface area contributed by atoms with E-state index in [4.69, 9.17) is 42.6 Å². The van der Waals surface area contributed by atoms with Crippen molar-refractivity contribution in [2.45, 2.75) is 70.4 Å². The number of alkyl carbamates (subject to hydrolysis) is 1. The Balaban J connectivity index is 1.18. The molecule has 0 bridgehead atoms. The number of methoxy groups -OCH3 is 1. The van der Waals surface area contributed by atoms with Gasteiger partial charge in [0.25, 0.3) is 5.69 Å². The number of carbonyl (C=O) groups excluding carboxylic acids is 7. The number of hydrogen-bond donors (Lipinski definition) is 2. The van der Waals surface area contributed by atoms with Gasteiger partial charge >= 0.3 is 36.1 Å². The number of fused-ring (bicyclic) bond motifs is 3. The maximum atomic E-state index is 13.5. The third-order valence-electron chi connectivity index (χ3n) is 9.97. The van der Waals surface area contributed by atoms with E-state index in [0.717, 1.165) is 62.3 Å². The van der Waals surface area contributed by atoms with Gasteiger partial charge in [-0.05, 0) is 52.1 Å². The molecule has 346 valence electrons. The highest BCUT2D eigenvalue weighted by molar-refractivity contribution is 5.92. The van der Waals surface area contributed by atoms with E-state index in [1.165, 1.54) is 30.3 Å². The molecule has 4 aromatic rings. The van der Waals surface area contributed by atoms with Crippen molar-refractivity contribution in [2.75, 3.05) is 25.6 Å². The van der Waals surface area contributed by atoms with Crippen LogP contribution in [-0.4, -0.2) is 97.9 Å². The number of carbonyl (C=O) groups is 7. The molecular formula is C45H43N3O18. The first-order valence-electron chi connectivity index (χ1n) is 20.1. The summed E-state index contributed by atoms with van der Waals surface area (Å²) in [5.41, 5.74) is 4.05. The SMILES string of the molecule is COC(=O)C1O[C@@H](Oc2ccc(COC(=O)Oc3ccc([N+](=O)[O-])cc3)cc2NC(=O)CCNC(=O)OCC2c3ccccc3-c3ccccc32)[C@@H](OC(C)=O)C(OC(C)=O)[C@@H]1OC(C)=O. The van der Waals surface area contributed by atoms with Crippen LogP contribution in [0.3, 0.4) is 0 Å². The lowest BCUT2D eigenvalue weighted by atomic mass is 9.97. The predicted molar refractivity (Wildman–Crippen MR) is 225 cm³/mol. The van der Waals surface area contributed by atoms with E-state index in [2.05, 4.69) is 10.6 Å². The van der Waals surface area contributed by atoms with Crippen LogP contribution in [0, 0.1) is 10.1 Å². The molecule has 1 fully saturated rings. The van der Waals surface area contributed by atoms with E-state index in [0.29, 0.717) is 0 Å². The zero-order valence-corrected chi connectivity index (χ0v) is 35.7. The van der Waals surface area contributed by atoms with Crippen LogP contribution >= 0.6 is 0 Å². The van der Waals surface area contributed by atoms with Crippen LogP contribution in [-0.2, 0) is 63.7 Å². The maximum Gasteiger partial charge on any atom is 0.514 e. The molecule has 4 aromatic carbocycles. The number of hydrogen-bond acceptors (Lipinski definition) is 18. The zero-order chi connectivity index (χ0) is 47.5. The molecule has 0 spiro atoms. The molecule has 2 N–H and O–H groups in total. The first-order valence-corrected chi connectivity index (χ1v) is 20.1. The smallest absolute Gasteiger partial charge is 0.467 e. The molecule has 21 heteroatoms. The Kier molecular flexibility index (Phi) is 15.5. The van der Waals surface area contributed by atoms with E-state index in [-0.39, 0.29) is 53.9 Å². The minimum absolute atomic E-state index is 0.0391. The molecule has 0 radical (unpaired) electrons. The summed E-state index contributed by atoms with van der Waals surface area (Å²) in [4.78, 5) is 99.1. The van der Waals surface area contributed by atoms with Crippen LogP contribution in [0.4, 0.5) is 21.0 Å². The number of ether oxygens (including phenoxy) is 9. The molecule has 0 saturated carbocycles. The fraction of sp³-hybridized carbons (Fsp3) is 0.311. The maximum absolute atomic E-state index is 13.5. The number of rotatable bonds is 16. The van der Waals surface area contributed by atoms with Crippen LogP contribution in [0.2, 0.25) is 0 Å². The third kappa shape index (κ3) is 11.9. The quantitative estimate of drug-likeness (QED) is 0.0478. The lowest BCUT2D eigenvalue weighted by Crippen LogP contribution is -2.64. The summed E-state index contributed by atoms with van der Waals surface area (Å²) in [5, 5.41) is 16.2. The van der Waals surface area contributed by atoms with Gasteiger partial charge < -0.3 is 53.3 Å². The number of nitrogens with one attached hydrogen (secondary N) is 2. The van der Waals surface area contributed by atoms with E-state index in [1.807, 2.05) is 48.5 Å². The van der Waals surface area contributed by atoms with E-state index in [9.17, 15) is 43.7 Å². The molecule has 1 saturated heterocycles. The predicted octanol–water partition coefficient (Wildman–Crippen LogP) is 5.25. The van der Waals surface area contributed by atoms with Crippen LogP contribution in [0.25, 0.3) is 11.1 Å². The van der Waals surface area contributed by atoms with Gasteiger partial charge in [-0.15, -0.1) is 0 Å². The minimum atomic E-state index is -1.81. The monoisotopic (exact) mass is 913 g/mol. The Hall–Kier alpha value is -8.07. The van der Waals surface area contributed by atoms with Crippen LogP contribution in [0.15, 0.2) is 91.0 Å². The van der Waals surface area contributed by atoms with Gasteiger partial charge in [-0.2, -0.15) is 0 Å². The van der Waals surface area contributed by atoms with Crippen molar-refractivity contribution in [2.24, 2.45) is 0 Å². The average Bonchev–Trinajstić information content (AvgIpc) is 3.60. The van der Waals surface area contributed by atoms with Gasteiger partial charge in [0.05, 0.1) is 17.7 Å². The summed E-state index contributed by atoms with van der Waals surface area (Å²) in [6.07, 6.45) is -10.9. The Labute approximate surface area is 375 Å². The topological polar surface area (TPSA) is 270 Å². The summed E-state index contributed by atoms with van der Waals surface area (Å²) in [5.74, 6) is -4.94. The first-order chi connectivity index (χ1) is 31.6. The summed E-state index contributed by atoms with van der Waals surface area (Å²) >= 11 is 0. The number of nitro benzene ring substituents is 1. The first kappa shape index (κ1) is 47.4. The number of non-ortho nitro benzene ring substituents is 1. The second-order valence-corrected chi connectivity index (χ2v) is 14.6. The molecule has 5 atom stereocenters. The Morgan fingerprint density at radius 1 is 0.742 bits per heavy atom. The fourth-order valence-corrected chi connectivity index (χ4v) is 7.21. The number of benzene rings is 4. The molecular weight excluding hydrogens is 870 g/mol. The van der Waals surface area contributed by atoms with Gasteiger partial charge in [0.2, 0.25) is 18.3 Å². The molecule has 6 rings (SSSR count). The Morgan fingerprint density at radius 2 is 1.35 bits per heavy atom. The molecule has 2 unspecified atom stereocenters. The van der Waals surface area contributed by atoms with Crippen molar-refractivity contribution in [3.05, 3.63) is 118 Å². The molecule has 1 aliphatic heterocycles. The molecule has 1 heterocycles. The third-order valence-corrected chi connectivity index (χ3v) is 9.97. The van der Waals surface area contributed by atoms with Gasteiger partial charge in [-0.3, -0.25) is 29.3 Å². The number of nitrogens with zero attached hydrogens (tertiary/aromatic N) is 1. The van der Waals surface area contributed by atoms with Crippen molar-refractivity contribution < 1.29 is 81.1 Å². The number of amides is 2. The van der Waals surface area contributed by atoms with Crippen molar-refractivity contribution in [3.63, 3.8) is 0 Å². The van der Waals surface area contributed by atoms with Crippen molar-refractivity contribution in [1.82, 2.24) is 5.32 Å². The number of nitro groups is 1. The fourth-order valence-electron chi connectivity index (χ4n) is 7.21. The molecule has 2 amide bonds. The summed E-state index contributed by atoms with van der Waals surface area (Å²) in [6, 6.07) is 24.3. The highest BCUT2D eigenvalue weighted by Gasteiger charge is 2.56. The Morgan fingerprint density at radius 3 is 1.95 bits per heavy atom. The largest absolute Gasteiger partial charge is 0.514 e. The zero-order valence-electron chi connectivity index (χ0n) is 35.7. The van der Waals surface area contributed by atoms with Gasteiger partial charge in [0.15, 0.2) is 18.3 Å². The number of anilines is 1. The normalized spacial score (nSPS) is 18.2. The standard InChI is InChI=1S/C45H43N3O18/c1-24(49)61-38-39(62-25(2)50)41(63-26(3)51)43(66-40(38)42(53)58-4)65-36-18-13-27(22-60-45(55)64-29-16-14-28(15-17-29)48(56)57)21-35(36)47-37(52)19-20-46-44(54)59-23-34-32-11-7-5-9-30(32)31-10-6-8-12-33(31)34/h5-18,21,34,38-41,43H,19-20,22-23H2,1-4H3,(H,46,54)(H,47,52)/t38-,39?,40?,41-,43+/m0/s1. The van der Waals surface area contributed by atoms with Gasteiger partial charge in [-0.1, -0.05) is 54.6 Å². The van der Waals surface area contributed by atoms with Crippen molar-refractivity contribution in [1.29, 1.82) is 0 Å². The molecule has 0 aromatic heterocycles. The van der Waals surface area contributed by atoms with Crippen molar-refractivity contribution in [3.8, 4) is 22.6 Å². The lowest BCUT2D eigenvalue weighted by molar-refractivity contribution is -0.384. The van der Waals surface area contributed by atoms with E-state index >= 15 is 0 Å². The second kappa shape index (κ2) is 21.5. The Bertz CT molecular complexity index is 2450. The highest BCUT2D eigenvalue weighted by atomic mass is 16.7. The molecule has 2 aliphatic rings. The highest BCUT2D eigenvalue weighted by Crippen LogP contribution is 2.44. The minimum Gasteiger partial charge on any atom is -0.467 e. The van der Waals surface area contributed by atoms with Gasteiger partial charge in [-0.25, -0.2) is 14.4 Å². The molecule has 66 heavy (non-hydrogen) atoms. The van der Waals surface area contributed by atoms with Crippen LogP contribution in [0.5, 0.6) is 11.5 Å². The van der Waals surface area contributed by atoms with Crippen molar-refractivity contribution >= 4 is 53.4 Å². The number of esters is 4. The summed E-state index contributed by atoms with van der Waals surface area (Å²) < 4.78 is 48.9. The molecule has 1 aliphatic carbocycles. The van der Waals surface area contributed by atoms with Gasteiger partial charge in [0, 0.05) is 51.8 Å². The summed E-state index contributed by atoms with van der Waals surface area (Å²) in [6.45, 7) is 2.48.